The Kier molecular flexibility index (Phi) is 6.74. The van der Waals surface area contributed by atoms with Crippen molar-refractivity contribution < 1.29 is 18.6 Å². The SMILES string of the molecule is CN(CCO)c1ccc(NCc2ccc(OCC(F)F)cc2)nc1. The maximum absolute atomic E-state index is 12.1. The van der Waals surface area contributed by atoms with Crippen LogP contribution in [0, 0.1) is 0 Å². The molecule has 0 atom stereocenters. The molecule has 2 rings (SSSR count). The molecule has 2 aromatic rings. The van der Waals surface area contributed by atoms with Crippen LogP contribution in [0.1, 0.15) is 5.56 Å². The van der Waals surface area contributed by atoms with Gasteiger partial charge in [0.05, 0.1) is 18.5 Å². The highest BCUT2D eigenvalue weighted by atomic mass is 19.3. The van der Waals surface area contributed by atoms with Crippen LogP contribution >= 0.6 is 0 Å². The zero-order chi connectivity index (χ0) is 17.4. The van der Waals surface area contributed by atoms with Crippen LogP contribution in [0.5, 0.6) is 5.75 Å². The maximum Gasteiger partial charge on any atom is 0.272 e. The Hall–Kier alpha value is -2.41. The van der Waals surface area contributed by atoms with Gasteiger partial charge in [0.2, 0.25) is 0 Å². The molecule has 1 aromatic carbocycles. The summed E-state index contributed by atoms with van der Waals surface area (Å²) in [6, 6.07) is 10.8. The second kappa shape index (κ2) is 9.02. The quantitative estimate of drug-likeness (QED) is 0.737. The number of benzene rings is 1. The van der Waals surface area contributed by atoms with E-state index >= 15 is 0 Å². The van der Waals surface area contributed by atoms with Gasteiger partial charge in [0.15, 0.2) is 0 Å². The van der Waals surface area contributed by atoms with E-state index in [0.717, 1.165) is 17.1 Å². The molecule has 0 bridgehead atoms. The molecule has 5 nitrogen and oxygen atoms in total. The van der Waals surface area contributed by atoms with Crippen molar-refractivity contribution in [3.63, 3.8) is 0 Å². The Bertz CT molecular complexity index is 606. The summed E-state index contributed by atoms with van der Waals surface area (Å²) in [5.41, 5.74) is 1.91. The van der Waals surface area contributed by atoms with Crippen LogP contribution in [0.2, 0.25) is 0 Å². The molecule has 2 N–H and O–H groups in total. The number of hydrogen-bond acceptors (Lipinski definition) is 5. The zero-order valence-corrected chi connectivity index (χ0v) is 13.5. The number of aliphatic hydroxyl groups is 1. The third-order valence-electron chi connectivity index (χ3n) is 3.40. The number of nitrogens with zero attached hydrogens (tertiary/aromatic N) is 2. The van der Waals surface area contributed by atoms with Crippen molar-refractivity contribution in [1.82, 2.24) is 4.98 Å². The van der Waals surface area contributed by atoms with Crippen LogP contribution in [-0.4, -0.2) is 43.3 Å². The lowest BCUT2D eigenvalue weighted by Crippen LogP contribution is -2.21. The smallest absolute Gasteiger partial charge is 0.272 e. The molecule has 0 fully saturated rings. The minimum Gasteiger partial charge on any atom is -0.488 e. The van der Waals surface area contributed by atoms with E-state index in [0.29, 0.717) is 18.8 Å². The molecule has 0 spiro atoms. The van der Waals surface area contributed by atoms with Crippen LogP contribution in [0.3, 0.4) is 0 Å². The molecule has 0 amide bonds. The molecule has 0 saturated heterocycles. The molecule has 24 heavy (non-hydrogen) atoms. The number of anilines is 2. The maximum atomic E-state index is 12.1. The Morgan fingerprint density at radius 1 is 1.21 bits per heavy atom. The summed E-state index contributed by atoms with van der Waals surface area (Å²) in [6.45, 7) is 0.606. The number of ether oxygens (including phenoxy) is 1. The van der Waals surface area contributed by atoms with Gasteiger partial charge < -0.3 is 20.1 Å². The van der Waals surface area contributed by atoms with E-state index in [9.17, 15) is 8.78 Å². The lowest BCUT2D eigenvalue weighted by atomic mass is 10.2. The fourth-order valence-corrected chi connectivity index (χ4v) is 2.05. The summed E-state index contributed by atoms with van der Waals surface area (Å²) in [7, 11) is 1.89. The van der Waals surface area contributed by atoms with Gasteiger partial charge in [-0.3, -0.25) is 0 Å². The Morgan fingerprint density at radius 2 is 1.96 bits per heavy atom. The summed E-state index contributed by atoms with van der Waals surface area (Å²) in [4.78, 5) is 6.23. The predicted molar refractivity (Wildman–Crippen MR) is 89.9 cm³/mol. The third-order valence-corrected chi connectivity index (χ3v) is 3.40. The third kappa shape index (κ3) is 5.66. The summed E-state index contributed by atoms with van der Waals surface area (Å²) < 4.78 is 29.1. The van der Waals surface area contributed by atoms with E-state index in [1.807, 2.05) is 36.2 Å². The molecule has 1 heterocycles. The first kappa shape index (κ1) is 17.9. The van der Waals surface area contributed by atoms with Gasteiger partial charge in [0.1, 0.15) is 18.2 Å². The van der Waals surface area contributed by atoms with E-state index in [1.54, 1.807) is 18.3 Å². The molecular formula is C17H21F2N3O2. The standard InChI is InChI=1S/C17H21F2N3O2/c1-22(8-9-23)14-4-7-17(21-11-14)20-10-13-2-5-15(6-3-13)24-12-16(18)19/h2-7,11,16,23H,8-10,12H2,1H3,(H,20,21). The first-order valence-electron chi connectivity index (χ1n) is 7.60. The fourth-order valence-electron chi connectivity index (χ4n) is 2.05. The molecule has 7 heteroatoms. The predicted octanol–water partition coefficient (Wildman–Crippen LogP) is 2.77. The largest absolute Gasteiger partial charge is 0.488 e. The number of nitrogens with one attached hydrogen (secondary N) is 1. The van der Waals surface area contributed by atoms with Crippen LogP contribution < -0.4 is 15.0 Å². The normalized spacial score (nSPS) is 10.7. The molecular weight excluding hydrogens is 316 g/mol. The number of likely N-dealkylation sites (N-methyl/N-ethyl adjacent to an activating group) is 1. The lowest BCUT2D eigenvalue weighted by Gasteiger charge is -2.17. The van der Waals surface area contributed by atoms with Gasteiger partial charge >= 0.3 is 0 Å². The van der Waals surface area contributed by atoms with E-state index < -0.39 is 13.0 Å². The van der Waals surface area contributed by atoms with Gasteiger partial charge in [-0.15, -0.1) is 0 Å². The van der Waals surface area contributed by atoms with Crippen LogP contribution in [-0.2, 0) is 6.54 Å². The molecule has 0 unspecified atom stereocenters. The lowest BCUT2D eigenvalue weighted by molar-refractivity contribution is 0.0819. The van der Waals surface area contributed by atoms with Crippen LogP contribution in [0.15, 0.2) is 42.6 Å². The van der Waals surface area contributed by atoms with Crippen molar-refractivity contribution in [3.8, 4) is 5.75 Å². The Balaban J connectivity index is 1.84. The average molecular weight is 337 g/mol. The topological polar surface area (TPSA) is 57.6 Å². The second-order valence-corrected chi connectivity index (χ2v) is 5.25. The van der Waals surface area contributed by atoms with E-state index in [4.69, 9.17) is 9.84 Å². The minimum absolute atomic E-state index is 0.0908. The number of halogens is 2. The van der Waals surface area contributed by atoms with Crippen molar-refractivity contribution in [3.05, 3.63) is 48.2 Å². The van der Waals surface area contributed by atoms with Crippen molar-refractivity contribution in [2.45, 2.75) is 13.0 Å². The Labute approximate surface area is 139 Å². The molecule has 0 saturated carbocycles. The van der Waals surface area contributed by atoms with Crippen molar-refractivity contribution in [2.75, 3.05) is 37.0 Å². The van der Waals surface area contributed by atoms with Gasteiger partial charge in [-0.25, -0.2) is 13.8 Å². The highest BCUT2D eigenvalue weighted by Crippen LogP contribution is 2.16. The number of aromatic nitrogens is 1. The van der Waals surface area contributed by atoms with Gasteiger partial charge in [0.25, 0.3) is 6.43 Å². The summed E-state index contributed by atoms with van der Waals surface area (Å²) in [6.07, 6.45) is -0.740. The number of aliphatic hydroxyl groups excluding tert-OH is 1. The van der Waals surface area contributed by atoms with Crippen molar-refractivity contribution in [2.24, 2.45) is 0 Å². The Morgan fingerprint density at radius 3 is 2.54 bits per heavy atom. The zero-order valence-electron chi connectivity index (χ0n) is 13.5. The van der Waals surface area contributed by atoms with Crippen molar-refractivity contribution in [1.29, 1.82) is 0 Å². The van der Waals surface area contributed by atoms with E-state index in [-0.39, 0.29) is 6.61 Å². The molecule has 0 aliphatic carbocycles. The number of pyridine rings is 1. The van der Waals surface area contributed by atoms with E-state index in [2.05, 4.69) is 10.3 Å². The first-order valence-corrected chi connectivity index (χ1v) is 7.60. The second-order valence-electron chi connectivity index (χ2n) is 5.25. The highest BCUT2D eigenvalue weighted by Gasteiger charge is 2.04. The number of rotatable bonds is 9. The van der Waals surface area contributed by atoms with Gasteiger partial charge in [0, 0.05) is 20.1 Å². The van der Waals surface area contributed by atoms with Crippen LogP contribution in [0.25, 0.3) is 0 Å². The molecule has 0 aliphatic heterocycles. The average Bonchev–Trinajstić information content (AvgIpc) is 2.59. The minimum atomic E-state index is -2.48. The molecule has 0 aliphatic rings. The highest BCUT2D eigenvalue weighted by molar-refractivity contribution is 5.49. The van der Waals surface area contributed by atoms with Crippen LogP contribution in [0.4, 0.5) is 20.3 Å². The molecule has 130 valence electrons. The molecule has 1 aromatic heterocycles. The van der Waals surface area contributed by atoms with Gasteiger partial charge in [-0.2, -0.15) is 0 Å². The van der Waals surface area contributed by atoms with E-state index in [1.165, 1.54) is 0 Å². The summed E-state index contributed by atoms with van der Waals surface area (Å²) >= 11 is 0. The molecule has 0 radical (unpaired) electrons. The number of alkyl halides is 2. The van der Waals surface area contributed by atoms with Gasteiger partial charge in [-0.05, 0) is 29.8 Å². The van der Waals surface area contributed by atoms with Gasteiger partial charge in [-0.1, -0.05) is 12.1 Å². The summed E-state index contributed by atoms with van der Waals surface area (Å²) in [5, 5.41) is 12.1. The van der Waals surface area contributed by atoms with Crippen molar-refractivity contribution >= 4 is 11.5 Å². The first-order chi connectivity index (χ1) is 11.6. The number of hydrogen-bond donors (Lipinski definition) is 2. The fraction of sp³-hybridized carbons (Fsp3) is 0.353. The monoisotopic (exact) mass is 337 g/mol. The summed E-state index contributed by atoms with van der Waals surface area (Å²) in [5.74, 6) is 1.16.